The molecule has 3 atom stereocenters. The molecule has 1 spiro atoms. The standard InChI is InChI=1S/C19H25ClF2N4O3S/c1-12-8-18(17-13(7-16(20)30-17)19(21,22)11-29-18)9-14(23-12)15-10-26(25-24-15)3-4-28-6-5-27-2/h7,10,12,14,23H,3-6,8-9,11H2,1-2H3/t12-,14-,18-/m0/s1. The van der Waals surface area contributed by atoms with E-state index in [1.165, 1.54) is 17.4 Å². The van der Waals surface area contributed by atoms with Crippen molar-refractivity contribution in [3.8, 4) is 0 Å². The first-order valence-corrected chi connectivity index (χ1v) is 11.1. The molecule has 2 aromatic heterocycles. The number of ether oxygens (including phenoxy) is 3. The van der Waals surface area contributed by atoms with Crippen molar-refractivity contribution >= 4 is 22.9 Å². The smallest absolute Gasteiger partial charge is 0.297 e. The molecule has 1 N–H and O–H groups in total. The van der Waals surface area contributed by atoms with Crippen molar-refractivity contribution in [3.05, 3.63) is 32.7 Å². The van der Waals surface area contributed by atoms with Gasteiger partial charge in [-0.05, 0) is 19.4 Å². The van der Waals surface area contributed by atoms with Crippen molar-refractivity contribution in [2.75, 3.05) is 33.5 Å². The predicted molar refractivity (Wildman–Crippen MR) is 108 cm³/mol. The number of rotatable bonds is 7. The van der Waals surface area contributed by atoms with Crippen LogP contribution in [0.15, 0.2) is 12.3 Å². The first kappa shape index (κ1) is 22.0. The highest BCUT2D eigenvalue weighted by atomic mass is 35.5. The molecule has 4 rings (SSSR count). The highest BCUT2D eigenvalue weighted by Gasteiger charge is 2.53. The van der Waals surface area contributed by atoms with Gasteiger partial charge in [0.05, 0.1) is 48.6 Å². The summed E-state index contributed by atoms with van der Waals surface area (Å²) in [7, 11) is 1.63. The first-order chi connectivity index (χ1) is 14.3. The Hall–Kier alpha value is -1.17. The zero-order valence-corrected chi connectivity index (χ0v) is 18.4. The number of alkyl halides is 2. The highest BCUT2D eigenvalue weighted by molar-refractivity contribution is 7.16. The van der Waals surface area contributed by atoms with Crippen LogP contribution >= 0.6 is 22.9 Å². The van der Waals surface area contributed by atoms with Crippen LogP contribution < -0.4 is 5.32 Å². The molecule has 1 fully saturated rings. The Labute approximate surface area is 182 Å². The summed E-state index contributed by atoms with van der Waals surface area (Å²) in [6.07, 6.45) is 2.94. The maximum absolute atomic E-state index is 14.4. The molecule has 166 valence electrons. The third-order valence-electron chi connectivity index (χ3n) is 5.50. The fourth-order valence-corrected chi connectivity index (χ4v) is 5.63. The number of piperidine rings is 1. The average molecular weight is 463 g/mol. The van der Waals surface area contributed by atoms with Crippen molar-refractivity contribution in [3.63, 3.8) is 0 Å². The van der Waals surface area contributed by atoms with Crippen LogP contribution in [0.2, 0.25) is 4.34 Å². The van der Waals surface area contributed by atoms with Gasteiger partial charge in [0.2, 0.25) is 0 Å². The Balaban J connectivity index is 1.51. The quantitative estimate of drug-likeness (QED) is 0.635. The number of thiophene rings is 1. The topological polar surface area (TPSA) is 70.4 Å². The van der Waals surface area contributed by atoms with Gasteiger partial charge in [0.25, 0.3) is 5.92 Å². The number of nitrogens with zero attached hydrogens (tertiary/aromatic N) is 3. The van der Waals surface area contributed by atoms with Gasteiger partial charge in [-0.15, -0.1) is 16.4 Å². The van der Waals surface area contributed by atoms with E-state index < -0.39 is 18.1 Å². The van der Waals surface area contributed by atoms with E-state index in [1.54, 1.807) is 11.8 Å². The van der Waals surface area contributed by atoms with Gasteiger partial charge in [-0.2, -0.15) is 8.78 Å². The van der Waals surface area contributed by atoms with Gasteiger partial charge in [-0.1, -0.05) is 16.8 Å². The van der Waals surface area contributed by atoms with E-state index >= 15 is 0 Å². The summed E-state index contributed by atoms with van der Waals surface area (Å²) in [5.41, 5.74) is -0.0617. The van der Waals surface area contributed by atoms with Crippen molar-refractivity contribution < 1.29 is 23.0 Å². The molecule has 0 saturated carbocycles. The fraction of sp³-hybridized carbons (Fsp3) is 0.684. The van der Waals surface area contributed by atoms with Gasteiger partial charge < -0.3 is 19.5 Å². The molecule has 0 radical (unpaired) electrons. The van der Waals surface area contributed by atoms with Crippen molar-refractivity contribution in [1.29, 1.82) is 0 Å². The molecule has 2 aliphatic rings. The first-order valence-electron chi connectivity index (χ1n) is 9.88. The summed E-state index contributed by atoms with van der Waals surface area (Å²) in [5.74, 6) is -3.03. The molecule has 0 aliphatic carbocycles. The second-order valence-corrected chi connectivity index (χ2v) is 9.50. The average Bonchev–Trinajstić information content (AvgIpc) is 3.33. The number of hydrogen-bond acceptors (Lipinski definition) is 7. The minimum absolute atomic E-state index is 0.00605. The second kappa shape index (κ2) is 8.76. The van der Waals surface area contributed by atoms with Crippen LogP contribution in [0.25, 0.3) is 0 Å². The summed E-state index contributed by atoms with van der Waals surface area (Å²) in [4.78, 5) is 0.529. The molecule has 11 heteroatoms. The van der Waals surface area contributed by atoms with E-state index in [0.29, 0.717) is 48.4 Å². The molecule has 2 aromatic rings. The number of methoxy groups -OCH3 is 1. The van der Waals surface area contributed by atoms with Gasteiger partial charge in [-0.25, -0.2) is 4.68 Å². The molecule has 0 unspecified atom stereocenters. The lowest BCUT2D eigenvalue weighted by molar-refractivity contribution is -0.183. The molecule has 0 aromatic carbocycles. The van der Waals surface area contributed by atoms with Gasteiger partial charge in [0, 0.05) is 30.0 Å². The molecular formula is C19H25ClF2N4O3S. The summed E-state index contributed by atoms with van der Waals surface area (Å²) in [6, 6.07) is 1.26. The zero-order valence-electron chi connectivity index (χ0n) is 16.9. The maximum Gasteiger partial charge on any atom is 0.297 e. The third kappa shape index (κ3) is 4.39. The van der Waals surface area contributed by atoms with E-state index in [0.717, 1.165) is 5.69 Å². The molecule has 2 aliphatic heterocycles. The molecule has 30 heavy (non-hydrogen) atoms. The Morgan fingerprint density at radius 3 is 3.00 bits per heavy atom. The van der Waals surface area contributed by atoms with Crippen molar-refractivity contribution in [2.24, 2.45) is 0 Å². The molecule has 7 nitrogen and oxygen atoms in total. The summed E-state index contributed by atoms with van der Waals surface area (Å²) < 4.78 is 47.2. The largest absolute Gasteiger partial charge is 0.382 e. The molecular weight excluding hydrogens is 438 g/mol. The number of nitrogens with one attached hydrogen (secondary N) is 1. The lowest BCUT2D eigenvalue weighted by atomic mass is 9.78. The Bertz CT molecular complexity index is 880. The van der Waals surface area contributed by atoms with E-state index in [9.17, 15) is 8.78 Å². The van der Waals surface area contributed by atoms with E-state index in [-0.39, 0.29) is 17.6 Å². The van der Waals surface area contributed by atoms with Crippen molar-refractivity contribution in [1.82, 2.24) is 20.3 Å². The maximum atomic E-state index is 14.4. The molecule has 1 saturated heterocycles. The second-order valence-electron chi connectivity index (χ2n) is 7.82. The molecule has 0 bridgehead atoms. The lowest BCUT2D eigenvalue weighted by Gasteiger charge is -2.47. The van der Waals surface area contributed by atoms with Crippen LogP contribution in [0, 0.1) is 0 Å². The van der Waals surface area contributed by atoms with Crippen LogP contribution in [-0.2, 0) is 32.3 Å². The minimum atomic E-state index is -3.03. The van der Waals surface area contributed by atoms with Crippen LogP contribution in [0.4, 0.5) is 8.78 Å². The van der Waals surface area contributed by atoms with Crippen molar-refractivity contribution in [2.45, 2.75) is 49.9 Å². The predicted octanol–water partition coefficient (Wildman–Crippen LogP) is 3.49. The number of fused-ring (bicyclic) bond motifs is 2. The van der Waals surface area contributed by atoms with Gasteiger partial charge >= 0.3 is 0 Å². The Morgan fingerprint density at radius 1 is 1.37 bits per heavy atom. The van der Waals surface area contributed by atoms with E-state index in [2.05, 4.69) is 15.6 Å². The van der Waals surface area contributed by atoms with Gasteiger partial charge in [-0.3, -0.25) is 0 Å². The van der Waals surface area contributed by atoms with Crippen LogP contribution in [-0.4, -0.2) is 54.6 Å². The highest BCUT2D eigenvalue weighted by Crippen LogP contribution is 2.54. The minimum Gasteiger partial charge on any atom is -0.382 e. The molecule has 0 amide bonds. The van der Waals surface area contributed by atoms with Gasteiger partial charge in [0.1, 0.15) is 12.2 Å². The zero-order chi connectivity index (χ0) is 21.4. The lowest BCUT2D eigenvalue weighted by Crippen LogP contribution is -2.51. The number of aromatic nitrogens is 3. The van der Waals surface area contributed by atoms with Crippen LogP contribution in [0.1, 0.15) is 41.9 Å². The fourth-order valence-electron chi connectivity index (χ4n) is 4.19. The Kier molecular flexibility index (Phi) is 6.43. The SMILES string of the molecule is COCCOCCn1cc([C@@H]2C[C@]3(C[C@H](C)N2)OCC(F)(F)c2cc(Cl)sc23)nn1. The third-order valence-corrected chi connectivity index (χ3v) is 6.95. The summed E-state index contributed by atoms with van der Waals surface area (Å²) >= 11 is 7.31. The van der Waals surface area contributed by atoms with Crippen LogP contribution in [0.5, 0.6) is 0 Å². The van der Waals surface area contributed by atoms with Crippen LogP contribution in [0.3, 0.4) is 0 Å². The number of halogens is 3. The summed E-state index contributed by atoms with van der Waals surface area (Å²) in [5, 5.41) is 12.0. The van der Waals surface area contributed by atoms with E-state index in [4.69, 9.17) is 25.8 Å². The Morgan fingerprint density at radius 2 is 2.20 bits per heavy atom. The number of hydrogen-bond donors (Lipinski definition) is 1. The molecule has 4 heterocycles. The van der Waals surface area contributed by atoms with Gasteiger partial charge in [0.15, 0.2) is 0 Å². The summed E-state index contributed by atoms with van der Waals surface area (Å²) in [6.45, 7) is 3.51. The monoisotopic (exact) mass is 462 g/mol. The van der Waals surface area contributed by atoms with E-state index in [1.807, 2.05) is 13.1 Å². The normalized spacial score (nSPS) is 28.0.